The van der Waals surface area contributed by atoms with E-state index in [4.69, 9.17) is 15.3 Å². The van der Waals surface area contributed by atoms with Crippen molar-refractivity contribution in [3.63, 3.8) is 0 Å². The predicted octanol–water partition coefficient (Wildman–Crippen LogP) is 1.31. The maximum absolute atomic E-state index is 11.2. The predicted molar refractivity (Wildman–Crippen MR) is 85.4 cm³/mol. The summed E-state index contributed by atoms with van der Waals surface area (Å²) in [6.07, 6.45) is -1.41. The van der Waals surface area contributed by atoms with Gasteiger partial charge in [0.1, 0.15) is 6.54 Å². The number of carbonyl (C=O) groups excluding carboxylic acids is 1. The van der Waals surface area contributed by atoms with Gasteiger partial charge in [0.2, 0.25) is 0 Å². The number of carboxylic acid groups (broad SMARTS) is 2. The quantitative estimate of drug-likeness (QED) is 0.655. The summed E-state index contributed by atoms with van der Waals surface area (Å²) in [6.45, 7) is -0.353. The van der Waals surface area contributed by atoms with Gasteiger partial charge in [0.05, 0.1) is 0 Å². The zero-order valence-corrected chi connectivity index (χ0v) is 12.6. The number of rotatable bonds is 5. The number of aliphatic carboxylic acids is 2. The first kappa shape index (κ1) is 18.9. The van der Waals surface area contributed by atoms with E-state index in [9.17, 15) is 14.4 Å². The van der Waals surface area contributed by atoms with Crippen molar-refractivity contribution in [2.75, 3.05) is 6.54 Å². The van der Waals surface area contributed by atoms with Gasteiger partial charge in [0.25, 0.3) is 5.91 Å². The van der Waals surface area contributed by atoms with Crippen LogP contribution in [0.15, 0.2) is 60.7 Å². The molecule has 0 heterocycles. The lowest BCUT2D eigenvalue weighted by Crippen LogP contribution is -2.29. The fourth-order valence-electron chi connectivity index (χ4n) is 1.63. The van der Waals surface area contributed by atoms with Crippen LogP contribution >= 0.6 is 0 Å². The molecule has 2 aromatic rings. The molecule has 4 N–H and O–H groups in total. The van der Waals surface area contributed by atoms with Crippen LogP contribution < -0.4 is 5.32 Å². The summed E-state index contributed by atoms with van der Waals surface area (Å²) >= 11 is 0. The Morgan fingerprint density at radius 1 is 0.875 bits per heavy atom. The fraction of sp³-hybridized carbons (Fsp3) is 0.118. The minimum absolute atomic E-state index is 0.353. The molecule has 1 amide bonds. The molecule has 0 aromatic heterocycles. The third-order valence-corrected chi connectivity index (χ3v) is 2.79. The summed E-state index contributed by atoms with van der Waals surface area (Å²) in [5, 5.41) is 27.9. The van der Waals surface area contributed by atoms with E-state index in [0.29, 0.717) is 11.1 Å². The third kappa shape index (κ3) is 6.71. The van der Waals surface area contributed by atoms with Crippen molar-refractivity contribution in [1.29, 1.82) is 0 Å². The Morgan fingerprint density at radius 2 is 1.38 bits per heavy atom. The van der Waals surface area contributed by atoms with Gasteiger partial charge < -0.3 is 20.6 Å². The summed E-state index contributed by atoms with van der Waals surface area (Å²) in [6, 6.07) is 16.7. The van der Waals surface area contributed by atoms with Crippen LogP contribution in [-0.4, -0.2) is 39.7 Å². The van der Waals surface area contributed by atoms with Crippen molar-refractivity contribution in [1.82, 2.24) is 5.32 Å². The average Bonchev–Trinajstić information content (AvgIpc) is 2.61. The van der Waals surface area contributed by atoms with Gasteiger partial charge in [0, 0.05) is 5.56 Å². The Hall–Kier alpha value is -3.19. The van der Waals surface area contributed by atoms with E-state index in [1.807, 2.05) is 0 Å². The number of carboxylic acids is 2. The summed E-state index contributed by atoms with van der Waals surface area (Å²) in [4.78, 5) is 31.5. The molecule has 0 saturated heterocycles. The van der Waals surface area contributed by atoms with E-state index >= 15 is 0 Å². The molecular formula is C17H17NO6. The molecule has 0 aliphatic rings. The van der Waals surface area contributed by atoms with Gasteiger partial charge in [0.15, 0.2) is 6.10 Å². The Balaban J connectivity index is 0.000000243. The van der Waals surface area contributed by atoms with Crippen molar-refractivity contribution in [2.45, 2.75) is 6.10 Å². The number of carbonyl (C=O) groups is 3. The van der Waals surface area contributed by atoms with E-state index in [1.165, 1.54) is 0 Å². The number of nitrogens with one attached hydrogen (secondary N) is 1. The van der Waals surface area contributed by atoms with Crippen molar-refractivity contribution in [2.24, 2.45) is 0 Å². The normalized spacial score (nSPS) is 10.7. The first-order valence-corrected chi connectivity index (χ1v) is 6.92. The van der Waals surface area contributed by atoms with Gasteiger partial charge in [-0.2, -0.15) is 0 Å². The van der Waals surface area contributed by atoms with Crippen LogP contribution in [-0.2, 0) is 9.59 Å². The third-order valence-electron chi connectivity index (χ3n) is 2.79. The van der Waals surface area contributed by atoms with Crippen LogP contribution in [0.3, 0.4) is 0 Å². The summed E-state index contributed by atoms with van der Waals surface area (Å²) in [5.74, 6) is -2.65. The fourth-order valence-corrected chi connectivity index (χ4v) is 1.63. The highest BCUT2D eigenvalue weighted by molar-refractivity contribution is 5.95. The Kier molecular flexibility index (Phi) is 7.66. The highest BCUT2D eigenvalue weighted by Gasteiger charge is 2.14. The Morgan fingerprint density at radius 3 is 1.83 bits per heavy atom. The highest BCUT2D eigenvalue weighted by atomic mass is 16.4. The number of benzene rings is 2. The summed E-state index contributed by atoms with van der Waals surface area (Å²) < 4.78 is 0. The molecule has 24 heavy (non-hydrogen) atoms. The minimum atomic E-state index is -1.41. The largest absolute Gasteiger partial charge is 0.480 e. The molecule has 0 radical (unpaired) electrons. The smallest absolute Gasteiger partial charge is 0.337 e. The van der Waals surface area contributed by atoms with Crippen LogP contribution in [0.4, 0.5) is 0 Å². The van der Waals surface area contributed by atoms with Crippen LogP contribution in [0, 0.1) is 0 Å². The van der Waals surface area contributed by atoms with Crippen molar-refractivity contribution >= 4 is 17.8 Å². The van der Waals surface area contributed by atoms with E-state index in [-0.39, 0.29) is 12.5 Å². The van der Waals surface area contributed by atoms with E-state index in [2.05, 4.69) is 5.32 Å². The summed E-state index contributed by atoms with van der Waals surface area (Å²) in [7, 11) is 0. The second-order valence-corrected chi connectivity index (χ2v) is 4.59. The van der Waals surface area contributed by atoms with Crippen molar-refractivity contribution in [3.8, 4) is 0 Å². The molecule has 1 atom stereocenters. The number of aliphatic hydroxyl groups is 1. The molecular weight excluding hydrogens is 314 g/mol. The van der Waals surface area contributed by atoms with E-state index in [1.54, 1.807) is 60.7 Å². The maximum atomic E-state index is 11.2. The zero-order valence-electron chi connectivity index (χ0n) is 12.6. The molecule has 0 aliphatic carbocycles. The maximum Gasteiger partial charge on any atom is 0.337 e. The van der Waals surface area contributed by atoms with Crippen LogP contribution in [0.1, 0.15) is 22.0 Å². The van der Waals surface area contributed by atoms with E-state index < -0.39 is 18.0 Å². The molecule has 0 spiro atoms. The van der Waals surface area contributed by atoms with Gasteiger partial charge >= 0.3 is 11.9 Å². The number of amides is 1. The van der Waals surface area contributed by atoms with Gasteiger partial charge in [-0.15, -0.1) is 0 Å². The number of aliphatic hydroxyl groups excluding tert-OH is 1. The highest BCUT2D eigenvalue weighted by Crippen LogP contribution is 2.10. The minimum Gasteiger partial charge on any atom is -0.480 e. The van der Waals surface area contributed by atoms with Gasteiger partial charge in [-0.05, 0) is 17.7 Å². The molecule has 1 unspecified atom stereocenters. The first-order valence-electron chi connectivity index (χ1n) is 6.92. The van der Waals surface area contributed by atoms with Crippen LogP contribution in [0.5, 0.6) is 0 Å². The molecule has 126 valence electrons. The summed E-state index contributed by atoms with van der Waals surface area (Å²) in [5.41, 5.74) is 0.865. The lowest BCUT2D eigenvalue weighted by atomic mass is 10.1. The Bertz CT molecular complexity index is 672. The van der Waals surface area contributed by atoms with Gasteiger partial charge in [-0.25, -0.2) is 4.79 Å². The Labute approximate surface area is 138 Å². The van der Waals surface area contributed by atoms with Crippen molar-refractivity contribution < 1.29 is 29.7 Å². The van der Waals surface area contributed by atoms with Gasteiger partial charge in [-0.1, -0.05) is 48.5 Å². The molecule has 0 bridgehead atoms. The molecule has 2 rings (SSSR count). The molecule has 0 fully saturated rings. The van der Waals surface area contributed by atoms with Crippen LogP contribution in [0.25, 0.3) is 0 Å². The van der Waals surface area contributed by atoms with Crippen molar-refractivity contribution in [3.05, 3.63) is 71.8 Å². The lowest BCUT2D eigenvalue weighted by Gasteiger charge is -2.03. The van der Waals surface area contributed by atoms with Gasteiger partial charge in [-0.3, -0.25) is 9.59 Å². The SMILES string of the molecule is O=C(O)C(O)c1ccccc1.O=C(O)CNC(=O)c1ccccc1. The second kappa shape index (κ2) is 9.75. The molecule has 0 saturated carbocycles. The second-order valence-electron chi connectivity index (χ2n) is 4.59. The monoisotopic (exact) mass is 331 g/mol. The number of hydrogen-bond donors (Lipinski definition) is 4. The standard InChI is InChI=1S/C9H9NO3.C8H8O3/c11-8(12)6-10-9(13)7-4-2-1-3-5-7;9-7(8(10)11)6-4-2-1-3-5-6/h1-5H,6H2,(H,10,13)(H,11,12);1-5,7,9H,(H,10,11). The average molecular weight is 331 g/mol. The topological polar surface area (TPSA) is 124 Å². The molecule has 7 nitrogen and oxygen atoms in total. The molecule has 0 aliphatic heterocycles. The molecule has 7 heteroatoms. The zero-order chi connectivity index (χ0) is 17.9. The van der Waals surface area contributed by atoms with Crippen LogP contribution in [0.2, 0.25) is 0 Å². The first-order chi connectivity index (χ1) is 11.4. The molecule has 2 aromatic carbocycles. The number of hydrogen-bond acceptors (Lipinski definition) is 4. The lowest BCUT2D eigenvalue weighted by molar-refractivity contribution is -0.147. The van der Waals surface area contributed by atoms with E-state index in [0.717, 1.165) is 0 Å².